The second-order valence-electron chi connectivity index (χ2n) is 6.01. The van der Waals surface area contributed by atoms with Crippen LogP contribution in [-0.2, 0) is 9.59 Å². The fraction of sp³-hybridized carbons (Fsp3) is 0.300. The summed E-state index contributed by atoms with van der Waals surface area (Å²) in [4.78, 5) is 25.3. The molecule has 2 amide bonds. The molecule has 0 aliphatic rings. The van der Waals surface area contributed by atoms with E-state index in [-0.39, 0.29) is 24.9 Å². The first-order valence-corrected chi connectivity index (χ1v) is 8.75. The predicted octanol–water partition coefficient (Wildman–Crippen LogP) is 1.19. The predicted molar refractivity (Wildman–Crippen MR) is 104 cm³/mol. The SMILES string of the molecule is CC[NH+](CC(=O)Nc1ccc(OC)cc1)CC(=O)Nc1ccc(OC)cc1. The molecule has 2 rings (SSSR count). The lowest BCUT2D eigenvalue weighted by atomic mass is 10.3. The molecule has 7 heteroatoms. The average Bonchev–Trinajstić information content (AvgIpc) is 2.68. The molecule has 7 nitrogen and oxygen atoms in total. The van der Waals surface area contributed by atoms with Crippen LogP contribution in [0.4, 0.5) is 11.4 Å². The standard InChI is InChI=1S/C20H25N3O4/c1-4-23(13-19(24)21-15-5-9-17(26-2)10-6-15)14-20(25)22-16-7-11-18(27-3)12-8-16/h5-12H,4,13-14H2,1-3H3,(H,21,24)(H,22,25)/p+1. The van der Waals surface area contributed by atoms with Gasteiger partial charge in [0.05, 0.1) is 20.8 Å². The van der Waals surface area contributed by atoms with Crippen molar-refractivity contribution in [2.75, 3.05) is 44.5 Å². The molecule has 0 bridgehead atoms. The maximum Gasteiger partial charge on any atom is 0.279 e. The molecule has 2 aromatic rings. The van der Waals surface area contributed by atoms with Crippen molar-refractivity contribution in [2.24, 2.45) is 0 Å². The van der Waals surface area contributed by atoms with Crippen LogP contribution in [0.15, 0.2) is 48.5 Å². The van der Waals surface area contributed by atoms with Crippen LogP contribution in [0.3, 0.4) is 0 Å². The molecule has 0 saturated carbocycles. The first kappa shape index (κ1) is 20.3. The fourth-order valence-corrected chi connectivity index (χ4v) is 2.53. The summed E-state index contributed by atoms with van der Waals surface area (Å²) in [5.41, 5.74) is 1.39. The summed E-state index contributed by atoms with van der Waals surface area (Å²) in [6.07, 6.45) is 0. The molecule has 144 valence electrons. The molecule has 0 fully saturated rings. The van der Waals surface area contributed by atoms with Gasteiger partial charge in [0.25, 0.3) is 11.8 Å². The number of amides is 2. The Morgan fingerprint density at radius 3 is 1.44 bits per heavy atom. The third-order valence-corrected chi connectivity index (χ3v) is 4.07. The van der Waals surface area contributed by atoms with Crippen LogP contribution in [0.2, 0.25) is 0 Å². The Morgan fingerprint density at radius 2 is 1.15 bits per heavy atom. The molecule has 0 aliphatic carbocycles. The van der Waals surface area contributed by atoms with E-state index in [1.807, 2.05) is 6.92 Å². The summed E-state index contributed by atoms with van der Waals surface area (Å²) >= 11 is 0. The van der Waals surface area contributed by atoms with Gasteiger partial charge in [-0.3, -0.25) is 9.59 Å². The maximum atomic E-state index is 12.2. The van der Waals surface area contributed by atoms with E-state index in [0.717, 1.165) is 16.4 Å². The van der Waals surface area contributed by atoms with Crippen molar-refractivity contribution < 1.29 is 24.0 Å². The molecule has 0 saturated heterocycles. The number of quaternary nitrogens is 1. The van der Waals surface area contributed by atoms with Gasteiger partial charge in [-0.1, -0.05) is 0 Å². The van der Waals surface area contributed by atoms with Gasteiger partial charge in [0, 0.05) is 11.4 Å². The van der Waals surface area contributed by atoms with E-state index < -0.39 is 0 Å². The fourth-order valence-electron chi connectivity index (χ4n) is 2.53. The van der Waals surface area contributed by atoms with Gasteiger partial charge < -0.3 is 25.0 Å². The number of carbonyl (C=O) groups excluding carboxylic acids is 2. The minimum absolute atomic E-state index is 0.144. The highest BCUT2D eigenvalue weighted by Crippen LogP contribution is 2.15. The number of ether oxygens (including phenoxy) is 2. The summed E-state index contributed by atoms with van der Waals surface area (Å²) in [6.45, 7) is 3.01. The quantitative estimate of drug-likeness (QED) is 0.618. The van der Waals surface area contributed by atoms with E-state index in [9.17, 15) is 9.59 Å². The summed E-state index contributed by atoms with van der Waals surface area (Å²) in [6, 6.07) is 14.2. The van der Waals surface area contributed by atoms with Crippen LogP contribution >= 0.6 is 0 Å². The molecule has 3 N–H and O–H groups in total. The molecule has 0 aromatic heterocycles. The molecule has 27 heavy (non-hydrogen) atoms. The third-order valence-electron chi connectivity index (χ3n) is 4.07. The van der Waals surface area contributed by atoms with E-state index >= 15 is 0 Å². The summed E-state index contributed by atoms with van der Waals surface area (Å²) in [5, 5.41) is 5.67. The highest BCUT2D eigenvalue weighted by molar-refractivity contribution is 5.93. The van der Waals surface area contributed by atoms with Crippen molar-refractivity contribution in [3.8, 4) is 11.5 Å². The molecule has 0 atom stereocenters. The number of carbonyl (C=O) groups is 2. The smallest absolute Gasteiger partial charge is 0.279 e. The number of likely N-dealkylation sites (N-methyl/N-ethyl adjacent to an activating group) is 1. The van der Waals surface area contributed by atoms with E-state index in [4.69, 9.17) is 9.47 Å². The van der Waals surface area contributed by atoms with E-state index in [0.29, 0.717) is 17.9 Å². The van der Waals surface area contributed by atoms with Gasteiger partial charge in [-0.05, 0) is 55.5 Å². The van der Waals surface area contributed by atoms with Crippen LogP contribution in [0.1, 0.15) is 6.92 Å². The van der Waals surface area contributed by atoms with Gasteiger partial charge in [0.1, 0.15) is 11.5 Å². The monoisotopic (exact) mass is 372 g/mol. The van der Waals surface area contributed by atoms with Gasteiger partial charge in [0.15, 0.2) is 13.1 Å². The zero-order valence-electron chi connectivity index (χ0n) is 15.9. The van der Waals surface area contributed by atoms with Crippen molar-refractivity contribution in [1.82, 2.24) is 0 Å². The first-order chi connectivity index (χ1) is 13.0. The summed E-state index contributed by atoms with van der Waals surface area (Å²) in [7, 11) is 3.18. The van der Waals surface area contributed by atoms with Crippen molar-refractivity contribution in [1.29, 1.82) is 0 Å². The lowest BCUT2D eigenvalue weighted by Gasteiger charge is -2.17. The van der Waals surface area contributed by atoms with Crippen LogP contribution in [0, 0.1) is 0 Å². The first-order valence-electron chi connectivity index (χ1n) is 8.75. The highest BCUT2D eigenvalue weighted by Gasteiger charge is 2.17. The molecule has 0 radical (unpaired) electrons. The molecule has 0 heterocycles. The van der Waals surface area contributed by atoms with Crippen LogP contribution in [-0.4, -0.2) is 45.7 Å². The maximum absolute atomic E-state index is 12.2. The number of rotatable bonds is 9. The Labute approximate surface area is 159 Å². The Morgan fingerprint density at radius 1 is 0.778 bits per heavy atom. The second-order valence-corrected chi connectivity index (χ2v) is 6.01. The zero-order valence-corrected chi connectivity index (χ0v) is 15.9. The Balaban J connectivity index is 1.83. The van der Waals surface area contributed by atoms with Crippen molar-refractivity contribution >= 4 is 23.2 Å². The van der Waals surface area contributed by atoms with Gasteiger partial charge in [-0.25, -0.2) is 0 Å². The van der Waals surface area contributed by atoms with Crippen molar-refractivity contribution in [3.63, 3.8) is 0 Å². The lowest BCUT2D eigenvalue weighted by molar-refractivity contribution is -0.881. The number of hydrogen-bond acceptors (Lipinski definition) is 4. The van der Waals surface area contributed by atoms with Crippen LogP contribution < -0.4 is 25.0 Å². The van der Waals surface area contributed by atoms with Crippen molar-refractivity contribution in [2.45, 2.75) is 6.92 Å². The number of anilines is 2. The number of nitrogens with one attached hydrogen (secondary N) is 3. The normalized spacial score (nSPS) is 10.4. The molecular weight excluding hydrogens is 346 g/mol. The Bertz CT molecular complexity index is 681. The minimum Gasteiger partial charge on any atom is -0.497 e. The molecule has 0 unspecified atom stereocenters. The number of methoxy groups -OCH3 is 2. The van der Waals surface area contributed by atoms with Gasteiger partial charge in [-0.15, -0.1) is 0 Å². The largest absolute Gasteiger partial charge is 0.497 e. The molecule has 2 aromatic carbocycles. The molecule has 0 spiro atoms. The van der Waals surface area contributed by atoms with Crippen LogP contribution in [0.25, 0.3) is 0 Å². The van der Waals surface area contributed by atoms with Crippen molar-refractivity contribution in [3.05, 3.63) is 48.5 Å². The second kappa shape index (κ2) is 10.2. The number of hydrogen-bond donors (Lipinski definition) is 3. The molecular formula is C20H26N3O4+. The topological polar surface area (TPSA) is 81.1 Å². The van der Waals surface area contributed by atoms with Crippen LogP contribution in [0.5, 0.6) is 11.5 Å². The van der Waals surface area contributed by atoms with Gasteiger partial charge >= 0.3 is 0 Å². The van der Waals surface area contributed by atoms with Gasteiger partial charge in [0.2, 0.25) is 0 Å². The van der Waals surface area contributed by atoms with E-state index in [1.54, 1.807) is 62.8 Å². The van der Waals surface area contributed by atoms with Gasteiger partial charge in [-0.2, -0.15) is 0 Å². The zero-order chi connectivity index (χ0) is 19.6. The lowest BCUT2D eigenvalue weighted by Crippen LogP contribution is -3.13. The third kappa shape index (κ3) is 6.63. The summed E-state index contributed by atoms with van der Waals surface area (Å²) in [5.74, 6) is 1.16. The summed E-state index contributed by atoms with van der Waals surface area (Å²) < 4.78 is 10.2. The Kier molecular flexibility index (Phi) is 7.63. The molecule has 0 aliphatic heterocycles. The minimum atomic E-state index is -0.144. The highest BCUT2D eigenvalue weighted by atomic mass is 16.5. The van der Waals surface area contributed by atoms with E-state index in [1.165, 1.54) is 0 Å². The Hall–Kier alpha value is -3.06. The number of benzene rings is 2. The average molecular weight is 372 g/mol. The van der Waals surface area contributed by atoms with E-state index in [2.05, 4.69) is 10.6 Å².